The second-order valence-corrected chi connectivity index (χ2v) is 7.93. The van der Waals surface area contributed by atoms with Gasteiger partial charge in [0.05, 0.1) is 19.3 Å². The van der Waals surface area contributed by atoms with Crippen LogP contribution in [0.5, 0.6) is 0 Å². The third kappa shape index (κ3) is 5.96. The van der Waals surface area contributed by atoms with E-state index in [0.717, 1.165) is 50.9 Å². The number of rotatable bonds is 9. The standard InChI is InChI=1S/C21H35NO4/c1-3-5-7-8-17-10-12-18(13-11-17)26-20(23)21(14-22)15-24-19(25-16-21)9-6-4-2/h17-19H,3-13,15-16H2,1-2H3. The maximum atomic E-state index is 12.6. The summed E-state index contributed by atoms with van der Waals surface area (Å²) in [6.45, 7) is 4.48. The van der Waals surface area contributed by atoms with Crippen molar-refractivity contribution in [3.63, 3.8) is 0 Å². The van der Waals surface area contributed by atoms with E-state index in [1.165, 1.54) is 25.7 Å². The van der Waals surface area contributed by atoms with Gasteiger partial charge in [-0.05, 0) is 44.4 Å². The van der Waals surface area contributed by atoms with Gasteiger partial charge in [0.1, 0.15) is 6.10 Å². The molecule has 148 valence electrons. The van der Waals surface area contributed by atoms with Crippen molar-refractivity contribution < 1.29 is 19.0 Å². The second kappa shape index (κ2) is 10.9. The molecular weight excluding hydrogens is 330 g/mol. The van der Waals surface area contributed by atoms with Gasteiger partial charge in [-0.1, -0.05) is 46.0 Å². The zero-order valence-corrected chi connectivity index (χ0v) is 16.5. The quantitative estimate of drug-likeness (QED) is 0.436. The third-order valence-corrected chi connectivity index (χ3v) is 5.71. The fraction of sp³-hybridized carbons (Fsp3) is 0.905. The number of carbonyl (C=O) groups is 1. The largest absolute Gasteiger partial charge is 0.461 e. The van der Waals surface area contributed by atoms with Crippen LogP contribution in [0.3, 0.4) is 0 Å². The van der Waals surface area contributed by atoms with Crippen molar-refractivity contribution in [1.82, 2.24) is 0 Å². The van der Waals surface area contributed by atoms with E-state index in [2.05, 4.69) is 19.9 Å². The molecule has 2 rings (SSSR count). The average molecular weight is 366 g/mol. The zero-order chi connectivity index (χ0) is 18.8. The predicted octanol–water partition coefficient (Wildman–Crippen LogP) is 4.74. The minimum absolute atomic E-state index is 0.0621. The molecule has 0 amide bonds. The first-order valence-corrected chi connectivity index (χ1v) is 10.5. The van der Waals surface area contributed by atoms with E-state index in [1.807, 2.05) is 0 Å². The molecule has 2 fully saturated rings. The number of esters is 1. The molecule has 0 bridgehead atoms. The van der Waals surface area contributed by atoms with E-state index in [9.17, 15) is 10.1 Å². The van der Waals surface area contributed by atoms with Crippen LogP contribution in [0, 0.1) is 22.7 Å². The average Bonchev–Trinajstić information content (AvgIpc) is 2.68. The van der Waals surface area contributed by atoms with E-state index in [-0.39, 0.29) is 25.6 Å². The Labute approximate surface area is 158 Å². The molecule has 1 saturated heterocycles. The molecule has 1 heterocycles. The maximum Gasteiger partial charge on any atom is 0.331 e. The number of ether oxygens (including phenoxy) is 3. The lowest BCUT2D eigenvalue weighted by atomic mass is 9.84. The number of unbranched alkanes of at least 4 members (excludes halogenated alkanes) is 3. The smallest absolute Gasteiger partial charge is 0.331 e. The highest BCUT2D eigenvalue weighted by Crippen LogP contribution is 2.33. The van der Waals surface area contributed by atoms with Gasteiger partial charge in [0.15, 0.2) is 6.29 Å². The highest BCUT2D eigenvalue weighted by molar-refractivity contribution is 5.80. The van der Waals surface area contributed by atoms with Gasteiger partial charge < -0.3 is 14.2 Å². The Hall–Kier alpha value is -1.12. The van der Waals surface area contributed by atoms with Crippen LogP contribution in [0.15, 0.2) is 0 Å². The van der Waals surface area contributed by atoms with Crippen LogP contribution < -0.4 is 0 Å². The van der Waals surface area contributed by atoms with Crippen LogP contribution in [0.4, 0.5) is 0 Å². The number of hydrogen-bond donors (Lipinski definition) is 0. The third-order valence-electron chi connectivity index (χ3n) is 5.71. The number of nitrogens with zero attached hydrogens (tertiary/aromatic N) is 1. The molecule has 2 aliphatic rings. The van der Waals surface area contributed by atoms with Crippen molar-refractivity contribution in [2.24, 2.45) is 11.3 Å². The van der Waals surface area contributed by atoms with Crippen molar-refractivity contribution in [1.29, 1.82) is 5.26 Å². The molecule has 0 aromatic heterocycles. The number of nitriles is 1. The van der Waals surface area contributed by atoms with Gasteiger partial charge in [-0.3, -0.25) is 4.79 Å². The first-order valence-electron chi connectivity index (χ1n) is 10.5. The molecule has 0 N–H and O–H groups in total. The first-order chi connectivity index (χ1) is 12.6. The van der Waals surface area contributed by atoms with Gasteiger partial charge in [-0.2, -0.15) is 5.26 Å². The summed E-state index contributed by atoms with van der Waals surface area (Å²) in [5, 5.41) is 9.56. The Morgan fingerprint density at radius 3 is 2.27 bits per heavy atom. The molecule has 5 nitrogen and oxygen atoms in total. The minimum atomic E-state index is -1.30. The fourth-order valence-corrected chi connectivity index (χ4v) is 3.81. The Morgan fingerprint density at radius 1 is 1.04 bits per heavy atom. The normalized spacial score (nSPS) is 32.0. The van der Waals surface area contributed by atoms with E-state index in [1.54, 1.807) is 0 Å². The Balaban J connectivity index is 1.75. The minimum Gasteiger partial charge on any atom is -0.461 e. The molecular formula is C21H35NO4. The highest BCUT2D eigenvalue weighted by Gasteiger charge is 2.46. The molecule has 0 spiro atoms. The lowest BCUT2D eigenvalue weighted by Crippen LogP contribution is -2.48. The van der Waals surface area contributed by atoms with Crippen LogP contribution >= 0.6 is 0 Å². The summed E-state index contributed by atoms with van der Waals surface area (Å²) in [6, 6.07) is 2.10. The molecule has 0 aromatic rings. The molecule has 1 saturated carbocycles. The summed E-state index contributed by atoms with van der Waals surface area (Å²) in [7, 11) is 0. The van der Waals surface area contributed by atoms with Crippen molar-refractivity contribution in [2.75, 3.05) is 13.2 Å². The molecule has 0 atom stereocenters. The van der Waals surface area contributed by atoms with Crippen LogP contribution in [0.2, 0.25) is 0 Å². The number of carbonyl (C=O) groups excluding carboxylic acids is 1. The summed E-state index contributed by atoms with van der Waals surface area (Å²) in [6.07, 6.45) is 11.7. The molecule has 1 aliphatic heterocycles. The molecule has 0 unspecified atom stereocenters. The summed E-state index contributed by atoms with van der Waals surface area (Å²) in [5.41, 5.74) is -1.30. The molecule has 5 heteroatoms. The van der Waals surface area contributed by atoms with E-state index in [4.69, 9.17) is 14.2 Å². The fourth-order valence-electron chi connectivity index (χ4n) is 3.81. The van der Waals surface area contributed by atoms with Gasteiger partial charge in [0.2, 0.25) is 5.41 Å². The zero-order valence-electron chi connectivity index (χ0n) is 16.5. The van der Waals surface area contributed by atoms with Gasteiger partial charge in [-0.15, -0.1) is 0 Å². The van der Waals surface area contributed by atoms with Crippen LogP contribution in [-0.2, 0) is 19.0 Å². The summed E-state index contributed by atoms with van der Waals surface area (Å²) < 4.78 is 16.9. The summed E-state index contributed by atoms with van der Waals surface area (Å²) in [5.74, 6) is 0.297. The monoisotopic (exact) mass is 365 g/mol. The van der Waals surface area contributed by atoms with E-state index < -0.39 is 11.4 Å². The number of hydrogen-bond acceptors (Lipinski definition) is 5. The van der Waals surface area contributed by atoms with Crippen molar-refractivity contribution >= 4 is 5.97 Å². The van der Waals surface area contributed by atoms with Crippen LogP contribution in [0.1, 0.15) is 84.5 Å². The predicted molar refractivity (Wildman–Crippen MR) is 99.2 cm³/mol. The van der Waals surface area contributed by atoms with E-state index >= 15 is 0 Å². The van der Waals surface area contributed by atoms with Crippen LogP contribution in [0.25, 0.3) is 0 Å². The van der Waals surface area contributed by atoms with Gasteiger partial charge >= 0.3 is 5.97 Å². The van der Waals surface area contributed by atoms with E-state index in [0.29, 0.717) is 0 Å². The van der Waals surface area contributed by atoms with Gasteiger partial charge in [-0.25, -0.2) is 0 Å². The highest BCUT2D eigenvalue weighted by atomic mass is 16.7. The van der Waals surface area contributed by atoms with Crippen molar-refractivity contribution in [2.45, 2.75) is 96.9 Å². The van der Waals surface area contributed by atoms with Crippen LogP contribution in [-0.4, -0.2) is 31.6 Å². The van der Waals surface area contributed by atoms with Crippen molar-refractivity contribution in [3.05, 3.63) is 0 Å². The second-order valence-electron chi connectivity index (χ2n) is 7.93. The summed E-state index contributed by atoms with van der Waals surface area (Å²) >= 11 is 0. The summed E-state index contributed by atoms with van der Waals surface area (Å²) in [4.78, 5) is 12.6. The molecule has 0 radical (unpaired) electrons. The maximum absolute atomic E-state index is 12.6. The lowest BCUT2D eigenvalue weighted by molar-refractivity contribution is -0.228. The topological polar surface area (TPSA) is 68.6 Å². The Morgan fingerprint density at radius 2 is 1.69 bits per heavy atom. The Kier molecular flexibility index (Phi) is 8.87. The van der Waals surface area contributed by atoms with Crippen molar-refractivity contribution in [3.8, 4) is 6.07 Å². The van der Waals surface area contributed by atoms with Gasteiger partial charge in [0, 0.05) is 0 Å². The molecule has 0 aromatic carbocycles. The molecule has 26 heavy (non-hydrogen) atoms. The first kappa shape index (κ1) is 21.2. The molecule has 1 aliphatic carbocycles. The van der Waals surface area contributed by atoms with Gasteiger partial charge in [0.25, 0.3) is 0 Å². The Bertz CT molecular complexity index is 457. The SMILES string of the molecule is CCCCCC1CCC(OC(=O)C2(C#N)COC(CCCC)OC2)CC1. The lowest BCUT2D eigenvalue weighted by Gasteiger charge is -2.35.